The predicted octanol–water partition coefficient (Wildman–Crippen LogP) is 3.06. The quantitative estimate of drug-likeness (QED) is 0.771. The Hall–Kier alpha value is -0.280. The van der Waals surface area contributed by atoms with E-state index in [0.717, 1.165) is 12.8 Å². The molecule has 0 spiro atoms. The lowest BCUT2D eigenvalue weighted by Gasteiger charge is -2.05. The summed E-state index contributed by atoms with van der Waals surface area (Å²) in [5.74, 6) is 0.423. The van der Waals surface area contributed by atoms with Crippen molar-refractivity contribution in [1.29, 1.82) is 0 Å². The van der Waals surface area contributed by atoms with Gasteiger partial charge >= 0.3 is 0 Å². The van der Waals surface area contributed by atoms with Gasteiger partial charge in [0.2, 0.25) is 0 Å². The Labute approximate surface area is 92.9 Å². The van der Waals surface area contributed by atoms with Crippen LogP contribution in [-0.4, -0.2) is 16.3 Å². The van der Waals surface area contributed by atoms with Gasteiger partial charge in [-0.05, 0) is 37.3 Å². The lowest BCUT2D eigenvalue weighted by molar-refractivity contribution is -0.117. The number of carbonyl (C=O) groups excluding carboxylic acids is 1. The summed E-state index contributed by atoms with van der Waals surface area (Å²) in [6, 6.07) is 2.23. The molecule has 1 saturated heterocycles. The molecule has 0 N–H and O–H groups in total. The van der Waals surface area contributed by atoms with E-state index in [1.807, 2.05) is 18.7 Å². The molecular weight excluding hydrogens is 212 g/mol. The summed E-state index contributed by atoms with van der Waals surface area (Å²) in [5.41, 5.74) is 1.40. The molecule has 76 valence electrons. The molecule has 1 aliphatic rings. The summed E-state index contributed by atoms with van der Waals surface area (Å²) >= 11 is 3.63. The number of hydrogen-bond acceptors (Lipinski definition) is 3. The second-order valence-electron chi connectivity index (χ2n) is 3.84. The predicted molar refractivity (Wildman–Crippen MR) is 63.2 cm³/mol. The van der Waals surface area contributed by atoms with Crippen LogP contribution in [0.25, 0.3) is 0 Å². The second kappa shape index (κ2) is 4.07. The van der Waals surface area contributed by atoms with Crippen LogP contribution in [0.1, 0.15) is 23.8 Å². The van der Waals surface area contributed by atoms with Gasteiger partial charge in [0, 0.05) is 16.5 Å². The SMILES string of the molecule is Cc1cc(CC2CC(=O)C(C)S2)cs1. The zero-order valence-corrected chi connectivity index (χ0v) is 10.1. The average Bonchev–Trinajstić information content (AvgIpc) is 2.62. The summed E-state index contributed by atoms with van der Waals surface area (Å²) in [4.78, 5) is 12.7. The molecule has 1 fully saturated rings. The monoisotopic (exact) mass is 226 g/mol. The summed E-state index contributed by atoms with van der Waals surface area (Å²) in [6.45, 7) is 4.15. The molecule has 1 aliphatic heterocycles. The number of rotatable bonds is 2. The van der Waals surface area contributed by atoms with Crippen molar-refractivity contribution in [2.24, 2.45) is 0 Å². The van der Waals surface area contributed by atoms with E-state index in [1.54, 1.807) is 11.3 Å². The molecule has 2 unspecified atom stereocenters. The number of Topliss-reactive ketones (excluding diaryl/α,β-unsaturated/α-hetero) is 1. The summed E-state index contributed by atoms with van der Waals surface area (Å²) in [6.07, 6.45) is 1.83. The van der Waals surface area contributed by atoms with E-state index >= 15 is 0 Å². The third-order valence-electron chi connectivity index (χ3n) is 2.53. The van der Waals surface area contributed by atoms with Crippen LogP contribution in [-0.2, 0) is 11.2 Å². The Bertz CT molecular complexity index is 343. The van der Waals surface area contributed by atoms with E-state index in [0.29, 0.717) is 11.0 Å². The van der Waals surface area contributed by atoms with E-state index in [2.05, 4.69) is 18.4 Å². The minimum absolute atomic E-state index is 0.222. The lowest BCUT2D eigenvalue weighted by Crippen LogP contribution is -2.05. The van der Waals surface area contributed by atoms with Crippen LogP contribution in [0.4, 0.5) is 0 Å². The molecule has 0 bridgehead atoms. The molecular formula is C11H14OS2. The maximum Gasteiger partial charge on any atom is 0.146 e. The first kappa shape index (κ1) is 10.2. The van der Waals surface area contributed by atoms with Crippen LogP contribution >= 0.6 is 23.1 Å². The maximum absolute atomic E-state index is 11.4. The Balaban J connectivity index is 1.96. The molecule has 0 radical (unpaired) electrons. The first-order valence-corrected chi connectivity index (χ1v) is 6.69. The van der Waals surface area contributed by atoms with E-state index in [-0.39, 0.29) is 5.25 Å². The largest absolute Gasteiger partial charge is 0.298 e. The molecule has 0 saturated carbocycles. The van der Waals surface area contributed by atoms with Crippen molar-refractivity contribution in [3.8, 4) is 0 Å². The van der Waals surface area contributed by atoms with E-state index in [4.69, 9.17) is 0 Å². The number of thiophene rings is 1. The zero-order valence-electron chi connectivity index (χ0n) is 8.45. The van der Waals surface area contributed by atoms with E-state index < -0.39 is 0 Å². The maximum atomic E-state index is 11.4. The minimum Gasteiger partial charge on any atom is -0.298 e. The van der Waals surface area contributed by atoms with Crippen molar-refractivity contribution in [1.82, 2.24) is 0 Å². The summed E-state index contributed by atoms with van der Waals surface area (Å²) in [5, 5.41) is 2.95. The number of thioether (sulfide) groups is 1. The normalized spacial score (nSPS) is 27.1. The van der Waals surface area contributed by atoms with Crippen LogP contribution in [0.3, 0.4) is 0 Å². The zero-order chi connectivity index (χ0) is 10.1. The van der Waals surface area contributed by atoms with Gasteiger partial charge in [-0.1, -0.05) is 0 Å². The average molecular weight is 226 g/mol. The van der Waals surface area contributed by atoms with Gasteiger partial charge in [0.05, 0.1) is 5.25 Å². The highest BCUT2D eigenvalue weighted by molar-refractivity contribution is 8.01. The highest BCUT2D eigenvalue weighted by Crippen LogP contribution is 2.33. The summed E-state index contributed by atoms with van der Waals surface area (Å²) < 4.78 is 0. The molecule has 14 heavy (non-hydrogen) atoms. The van der Waals surface area contributed by atoms with Crippen molar-refractivity contribution in [2.75, 3.05) is 0 Å². The number of carbonyl (C=O) groups is 1. The first-order valence-electron chi connectivity index (χ1n) is 4.87. The van der Waals surface area contributed by atoms with Gasteiger partial charge in [0.15, 0.2) is 0 Å². The number of aryl methyl sites for hydroxylation is 1. The topological polar surface area (TPSA) is 17.1 Å². The highest BCUT2D eigenvalue weighted by Gasteiger charge is 2.29. The Morgan fingerprint density at radius 3 is 2.86 bits per heavy atom. The van der Waals surface area contributed by atoms with Crippen molar-refractivity contribution in [3.63, 3.8) is 0 Å². The van der Waals surface area contributed by atoms with Crippen LogP contribution < -0.4 is 0 Å². The van der Waals surface area contributed by atoms with Crippen LogP contribution in [0.2, 0.25) is 0 Å². The van der Waals surface area contributed by atoms with E-state index in [1.165, 1.54) is 10.4 Å². The second-order valence-corrected chi connectivity index (χ2v) is 6.60. The fourth-order valence-electron chi connectivity index (χ4n) is 1.79. The Kier molecular flexibility index (Phi) is 2.98. The first-order chi connectivity index (χ1) is 6.65. The van der Waals surface area contributed by atoms with Gasteiger partial charge in [-0.15, -0.1) is 23.1 Å². The molecule has 0 amide bonds. The third-order valence-corrected chi connectivity index (χ3v) is 4.83. The number of hydrogen-bond donors (Lipinski definition) is 0. The molecule has 2 heterocycles. The molecule has 0 aromatic carbocycles. The van der Waals surface area contributed by atoms with Gasteiger partial charge in [-0.25, -0.2) is 0 Å². The standard InChI is InChI=1S/C11H14OS2/c1-7-3-9(6-13-7)4-10-5-11(12)8(2)14-10/h3,6,8,10H,4-5H2,1-2H3. The molecule has 2 rings (SSSR count). The molecule has 0 aliphatic carbocycles. The van der Waals surface area contributed by atoms with E-state index in [9.17, 15) is 4.79 Å². The van der Waals surface area contributed by atoms with Gasteiger partial charge in [0.25, 0.3) is 0 Å². The highest BCUT2D eigenvalue weighted by atomic mass is 32.2. The Morgan fingerprint density at radius 2 is 2.36 bits per heavy atom. The van der Waals surface area contributed by atoms with Crippen LogP contribution in [0, 0.1) is 6.92 Å². The fourth-order valence-corrected chi connectivity index (χ4v) is 3.89. The minimum atomic E-state index is 0.222. The van der Waals surface area contributed by atoms with Gasteiger partial charge in [0.1, 0.15) is 5.78 Å². The van der Waals surface area contributed by atoms with Crippen molar-refractivity contribution < 1.29 is 4.79 Å². The molecule has 1 nitrogen and oxygen atoms in total. The third kappa shape index (κ3) is 2.20. The van der Waals surface area contributed by atoms with Crippen molar-refractivity contribution in [2.45, 2.75) is 37.2 Å². The molecule has 2 atom stereocenters. The smallest absolute Gasteiger partial charge is 0.146 e. The van der Waals surface area contributed by atoms with Crippen molar-refractivity contribution >= 4 is 28.9 Å². The molecule has 3 heteroatoms. The number of ketones is 1. The van der Waals surface area contributed by atoms with Crippen molar-refractivity contribution in [3.05, 3.63) is 21.9 Å². The van der Waals surface area contributed by atoms with Gasteiger partial charge in [-0.2, -0.15) is 0 Å². The van der Waals surface area contributed by atoms with Crippen LogP contribution in [0.15, 0.2) is 11.4 Å². The lowest BCUT2D eigenvalue weighted by atomic mass is 10.1. The van der Waals surface area contributed by atoms with Crippen LogP contribution in [0.5, 0.6) is 0 Å². The molecule has 1 aromatic heterocycles. The van der Waals surface area contributed by atoms with Gasteiger partial charge in [-0.3, -0.25) is 4.79 Å². The Morgan fingerprint density at radius 1 is 1.57 bits per heavy atom. The molecule has 1 aromatic rings. The summed E-state index contributed by atoms with van der Waals surface area (Å²) in [7, 11) is 0. The van der Waals surface area contributed by atoms with Gasteiger partial charge < -0.3 is 0 Å². The fraction of sp³-hybridized carbons (Fsp3) is 0.545.